The first-order valence-electron chi connectivity index (χ1n) is 9.99. The van der Waals surface area contributed by atoms with E-state index < -0.39 is 9.84 Å². The predicted octanol–water partition coefficient (Wildman–Crippen LogP) is 3.20. The van der Waals surface area contributed by atoms with E-state index in [9.17, 15) is 13.2 Å². The van der Waals surface area contributed by atoms with E-state index in [-0.39, 0.29) is 35.1 Å². The first kappa shape index (κ1) is 22.9. The first-order valence-corrected chi connectivity index (χ1v) is 13.1. The van der Waals surface area contributed by atoms with Gasteiger partial charge in [-0.2, -0.15) is 4.99 Å². The Labute approximate surface area is 196 Å². The fourth-order valence-corrected chi connectivity index (χ4v) is 8.11. The van der Waals surface area contributed by atoms with Gasteiger partial charge in [-0.3, -0.25) is 4.79 Å². The van der Waals surface area contributed by atoms with Gasteiger partial charge in [0.2, 0.25) is 0 Å². The molecule has 2 atom stereocenters. The number of benzene rings is 2. The van der Waals surface area contributed by atoms with Crippen molar-refractivity contribution < 1.29 is 22.7 Å². The van der Waals surface area contributed by atoms with Crippen LogP contribution in [-0.4, -0.2) is 61.4 Å². The molecule has 1 amide bonds. The van der Waals surface area contributed by atoms with Crippen LogP contribution in [0.2, 0.25) is 5.02 Å². The largest absolute Gasteiger partial charge is 0.493 e. The zero-order chi connectivity index (χ0) is 22.9. The molecule has 0 aromatic heterocycles. The molecule has 0 saturated carbocycles. The van der Waals surface area contributed by atoms with Crippen molar-refractivity contribution in [2.75, 3.05) is 25.7 Å². The van der Waals surface area contributed by atoms with E-state index in [0.717, 1.165) is 11.1 Å². The highest BCUT2D eigenvalue weighted by atomic mass is 35.5. The molecule has 2 aromatic carbocycles. The summed E-state index contributed by atoms with van der Waals surface area (Å²) in [4.78, 5) is 19.1. The number of ether oxygens (including phenoxy) is 2. The second-order valence-electron chi connectivity index (χ2n) is 7.67. The quantitative estimate of drug-likeness (QED) is 0.609. The first-order chi connectivity index (χ1) is 15.3. The van der Waals surface area contributed by atoms with Crippen LogP contribution in [0.15, 0.2) is 47.5 Å². The highest BCUT2D eigenvalue weighted by Crippen LogP contribution is 2.39. The number of hydrogen-bond donors (Lipinski definition) is 0. The number of nitrogens with zero attached hydrogens (tertiary/aromatic N) is 2. The summed E-state index contributed by atoms with van der Waals surface area (Å²) in [5, 5.41) is 0.994. The Kier molecular flexibility index (Phi) is 6.69. The Morgan fingerprint density at radius 1 is 1.16 bits per heavy atom. The molecule has 0 unspecified atom stereocenters. The van der Waals surface area contributed by atoms with Crippen molar-refractivity contribution in [2.24, 2.45) is 4.99 Å². The maximum Gasteiger partial charge on any atom is 0.252 e. The van der Waals surface area contributed by atoms with Gasteiger partial charge in [0, 0.05) is 16.8 Å². The van der Waals surface area contributed by atoms with Crippen molar-refractivity contribution in [3.05, 3.63) is 58.6 Å². The van der Waals surface area contributed by atoms with Crippen molar-refractivity contribution in [1.82, 2.24) is 4.90 Å². The molecule has 0 aliphatic carbocycles. The van der Waals surface area contributed by atoms with Crippen molar-refractivity contribution in [1.29, 1.82) is 0 Å². The van der Waals surface area contributed by atoms with Gasteiger partial charge in [-0.05, 0) is 29.3 Å². The monoisotopic (exact) mass is 494 g/mol. The average Bonchev–Trinajstić information content (AvgIpc) is 3.21. The van der Waals surface area contributed by atoms with Crippen molar-refractivity contribution in [3.63, 3.8) is 0 Å². The van der Waals surface area contributed by atoms with Crippen molar-refractivity contribution in [3.8, 4) is 11.5 Å². The summed E-state index contributed by atoms with van der Waals surface area (Å²) < 4.78 is 34.9. The zero-order valence-electron chi connectivity index (χ0n) is 17.7. The van der Waals surface area contributed by atoms with Crippen LogP contribution >= 0.6 is 23.4 Å². The Balaban J connectivity index is 1.57. The van der Waals surface area contributed by atoms with E-state index in [1.165, 1.54) is 18.9 Å². The fraction of sp³-hybridized carbons (Fsp3) is 0.364. The summed E-state index contributed by atoms with van der Waals surface area (Å²) in [5.74, 6) is 0.955. The highest BCUT2D eigenvalue weighted by Gasteiger charge is 2.48. The van der Waals surface area contributed by atoms with Gasteiger partial charge in [-0.25, -0.2) is 8.42 Å². The molecule has 2 heterocycles. The van der Waals surface area contributed by atoms with Gasteiger partial charge in [0.25, 0.3) is 5.91 Å². The average molecular weight is 495 g/mol. The summed E-state index contributed by atoms with van der Waals surface area (Å²) in [7, 11) is -0.0246. The van der Waals surface area contributed by atoms with Gasteiger partial charge in [-0.15, -0.1) is 0 Å². The Bertz CT molecular complexity index is 1170. The minimum Gasteiger partial charge on any atom is -0.493 e. The summed E-state index contributed by atoms with van der Waals surface area (Å²) in [5.41, 5.74) is 1.61. The van der Waals surface area contributed by atoms with E-state index >= 15 is 0 Å². The van der Waals surface area contributed by atoms with Gasteiger partial charge >= 0.3 is 0 Å². The third kappa shape index (κ3) is 4.89. The van der Waals surface area contributed by atoms with Gasteiger partial charge in [-0.1, -0.05) is 47.6 Å². The molecule has 0 bridgehead atoms. The minimum atomic E-state index is -3.12. The third-order valence-corrected chi connectivity index (χ3v) is 9.11. The number of carbonyl (C=O) groups is 1. The highest BCUT2D eigenvalue weighted by molar-refractivity contribution is 8.15. The summed E-state index contributed by atoms with van der Waals surface area (Å²) in [6.07, 6.45) is 0.0952. The Morgan fingerprint density at radius 2 is 1.91 bits per heavy atom. The number of aliphatic imine (C=N–C) groups is 1. The molecule has 32 heavy (non-hydrogen) atoms. The Morgan fingerprint density at radius 3 is 2.62 bits per heavy atom. The molecule has 2 aliphatic heterocycles. The Hall–Kier alpha value is -2.23. The second kappa shape index (κ2) is 9.33. The maximum absolute atomic E-state index is 12.8. The molecule has 7 nitrogen and oxygen atoms in total. The lowest BCUT2D eigenvalue weighted by molar-refractivity contribution is -0.117. The second-order valence-corrected chi connectivity index (χ2v) is 11.4. The van der Waals surface area contributed by atoms with Crippen molar-refractivity contribution >= 4 is 44.3 Å². The third-order valence-electron chi connectivity index (χ3n) is 5.50. The number of thioether (sulfide) groups is 1. The van der Waals surface area contributed by atoms with Gasteiger partial charge in [0.1, 0.15) is 0 Å². The van der Waals surface area contributed by atoms with Gasteiger partial charge in [0.05, 0.1) is 38.2 Å². The van der Waals surface area contributed by atoms with Crippen LogP contribution in [0.25, 0.3) is 0 Å². The number of amidine groups is 1. The lowest BCUT2D eigenvalue weighted by atomic mass is 10.1. The number of sulfone groups is 1. The molecule has 2 aromatic rings. The number of fused-ring (bicyclic) bond motifs is 1. The van der Waals surface area contributed by atoms with E-state index in [0.29, 0.717) is 28.2 Å². The van der Waals surface area contributed by atoms with E-state index in [2.05, 4.69) is 4.99 Å². The fourth-order valence-electron chi connectivity index (χ4n) is 3.94. The minimum absolute atomic E-state index is 0.0536. The smallest absolute Gasteiger partial charge is 0.252 e. The number of methoxy groups -OCH3 is 2. The number of rotatable bonds is 6. The number of carbonyl (C=O) groups excluding carboxylic acids is 1. The van der Waals surface area contributed by atoms with E-state index in [1.54, 1.807) is 31.4 Å². The SMILES string of the molecule is COc1ccc(CC(=O)N=C2S[C@@H]3CS(=O)(=O)C[C@@H]3N2Cc2ccccc2Cl)cc1OC. The molecule has 0 N–H and O–H groups in total. The molecule has 0 spiro atoms. The lowest BCUT2D eigenvalue weighted by Crippen LogP contribution is -2.37. The van der Waals surface area contributed by atoms with Crippen LogP contribution in [0.4, 0.5) is 0 Å². The summed E-state index contributed by atoms with van der Waals surface area (Å²) in [6.45, 7) is 0.395. The normalized spacial score (nSPS) is 22.7. The number of hydrogen-bond acceptors (Lipinski definition) is 6. The van der Waals surface area contributed by atoms with Crippen LogP contribution in [0.3, 0.4) is 0 Å². The lowest BCUT2D eigenvalue weighted by Gasteiger charge is -2.25. The zero-order valence-corrected chi connectivity index (χ0v) is 20.0. The molecule has 170 valence electrons. The number of amides is 1. The summed E-state index contributed by atoms with van der Waals surface area (Å²) in [6, 6.07) is 12.5. The van der Waals surface area contributed by atoms with Gasteiger partial charge in [0.15, 0.2) is 26.5 Å². The molecular formula is C22H23ClN2O5S2. The maximum atomic E-state index is 12.8. The molecule has 2 fully saturated rings. The molecule has 4 rings (SSSR count). The van der Waals surface area contributed by atoms with Crippen LogP contribution in [0, 0.1) is 0 Å². The summed E-state index contributed by atoms with van der Waals surface area (Å²) >= 11 is 7.69. The topological polar surface area (TPSA) is 85.3 Å². The van der Waals surface area contributed by atoms with E-state index in [4.69, 9.17) is 21.1 Å². The van der Waals surface area contributed by atoms with E-state index in [1.807, 2.05) is 23.1 Å². The van der Waals surface area contributed by atoms with Crippen molar-refractivity contribution in [2.45, 2.75) is 24.3 Å². The predicted molar refractivity (Wildman–Crippen MR) is 127 cm³/mol. The molecular weight excluding hydrogens is 472 g/mol. The number of halogens is 1. The standard InChI is InChI=1S/C22H23ClN2O5S2/c1-29-18-8-7-14(9-19(18)30-2)10-21(26)24-22-25(11-15-5-3-4-6-16(15)23)17-12-32(27,28)13-20(17)31-22/h3-9,17,20H,10-13H2,1-2H3/t17-,20+/m0/s1. The van der Waals surface area contributed by atoms with Crippen LogP contribution < -0.4 is 9.47 Å². The van der Waals surface area contributed by atoms with Crippen LogP contribution in [0.5, 0.6) is 11.5 Å². The van der Waals surface area contributed by atoms with Crippen LogP contribution in [0.1, 0.15) is 11.1 Å². The molecule has 10 heteroatoms. The van der Waals surface area contributed by atoms with Gasteiger partial charge < -0.3 is 14.4 Å². The molecule has 0 radical (unpaired) electrons. The molecule has 2 aliphatic rings. The molecule has 2 saturated heterocycles. The van der Waals surface area contributed by atoms with Crippen LogP contribution in [-0.2, 0) is 27.6 Å².